The number of nitro benzene ring substituents is 1. The van der Waals surface area contributed by atoms with Gasteiger partial charge in [0, 0.05) is 18.2 Å². The monoisotopic (exact) mass is 272 g/mol. The van der Waals surface area contributed by atoms with Crippen LogP contribution in [0.25, 0.3) is 0 Å². The maximum absolute atomic E-state index is 13.3. The van der Waals surface area contributed by atoms with Crippen molar-refractivity contribution in [2.45, 2.75) is 6.42 Å². The first-order chi connectivity index (χ1) is 8.56. The molecule has 0 aromatic heterocycles. The molecule has 0 unspecified atom stereocenters. The number of nitrogens with zero attached hydrogens (tertiary/aromatic N) is 1. The van der Waals surface area contributed by atoms with Crippen molar-refractivity contribution < 1.29 is 14.1 Å². The molecule has 0 aliphatic carbocycles. The van der Waals surface area contributed by atoms with E-state index in [9.17, 15) is 19.3 Å². The molecule has 7 heteroatoms. The number of nitro groups is 1. The van der Waals surface area contributed by atoms with Crippen LogP contribution < -0.4 is 5.32 Å². The standard InChI is InChI=1S/C11H13FN2O3S/c1-18-6-2-5-13-11(15)8-3-4-10(14(16)17)9(12)7-8/h3-4,7H,2,5-6H2,1H3,(H,13,15). The van der Waals surface area contributed by atoms with Crippen molar-refractivity contribution in [3.8, 4) is 0 Å². The Labute approximate surface area is 108 Å². The second kappa shape index (κ2) is 6.95. The number of hydrogen-bond acceptors (Lipinski definition) is 4. The van der Waals surface area contributed by atoms with Crippen LogP contribution in [-0.4, -0.2) is 29.4 Å². The fourth-order valence-electron chi connectivity index (χ4n) is 1.32. The van der Waals surface area contributed by atoms with Gasteiger partial charge >= 0.3 is 5.69 Å². The van der Waals surface area contributed by atoms with E-state index in [1.54, 1.807) is 11.8 Å². The highest BCUT2D eigenvalue weighted by Gasteiger charge is 2.16. The first kappa shape index (κ1) is 14.4. The SMILES string of the molecule is CSCCCNC(=O)c1ccc([N+](=O)[O-])c(F)c1. The minimum Gasteiger partial charge on any atom is -0.352 e. The number of halogens is 1. The summed E-state index contributed by atoms with van der Waals surface area (Å²) >= 11 is 1.67. The van der Waals surface area contributed by atoms with E-state index in [1.807, 2.05) is 6.26 Å². The van der Waals surface area contributed by atoms with Gasteiger partial charge in [-0.2, -0.15) is 16.2 Å². The van der Waals surface area contributed by atoms with Crippen LogP contribution in [0.1, 0.15) is 16.8 Å². The molecule has 0 bridgehead atoms. The van der Waals surface area contributed by atoms with Crippen molar-refractivity contribution >= 4 is 23.4 Å². The van der Waals surface area contributed by atoms with Crippen LogP contribution in [0.15, 0.2) is 18.2 Å². The van der Waals surface area contributed by atoms with Crippen LogP contribution in [-0.2, 0) is 0 Å². The molecule has 0 saturated heterocycles. The molecular formula is C11H13FN2O3S. The van der Waals surface area contributed by atoms with Gasteiger partial charge in [0.05, 0.1) is 4.92 Å². The highest BCUT2D eigenvalue weighted by Crippen LogP contribution is 2.17. The molecule has 0 fully saturated rings. The Morgan fingerprint density at radius 1 is 1.56 bits per heavy atom. The van der Waals surface area contributed by atoms with Crippen LogP contribution in [0.5, 0.6) is 0 Å². The van der Waals surface area contributed by atoms with Crippen molar-refractivity contribution in [1.29, 1.82) is 0 Å². The Morgan fingerprint density at radius 2 is 2.28 bits per heavy atom. The first-order valence-corrected chi connectivity index (χ1v) is 6.66. The van der Waals surface area contributed by atoms with E-state index in [4.69, 9.17) is 0 Å². The summed E-state index contributed by atoms with van der Waals surface area (Å²) < 4.78 is 13.3. The van der Waals surface area contributed by atoms with Crippen molar-refractivity contribution in [3.63, 3.8) is 0 Å². The summed E-state index contributed by atoms with van der Waals surface area (Å²) in [5.74, 6) is -0.504. The molecule has 1 aromatic rings. The van der Waals surface area contributed by atoms with Crippen molar-refractivity contribution in [1.82, 2.24) is 5.32 Å². The van der Waals surface area contributed by atoms with E-state index in [2.05, 4.69) is 5.32 Å². The molecule has 1 aromatic carbocycles. The Bertz CT molecular complexity index is 454. The highest BCUT2D eigenvalue weighted by molar-refractivity contribution is 7.98. The fraction of sp³-hybridized carbons (Fsp3) is 0.364. The predicted octanol–water partition coefficient (Wildman–Crippen LogP) is 2.22. The van der Waals surface area contributed by atoms with Crippen LogP contribution in [0.2, 0.25) is 0 Å². The molecule has 0 atom stereocenters. The molecule has 5 nitrogen and oxygen atoms in total. The third kappa shape index (κ3) is 3.99. The van der Waals surface area contributed by atoms with E-state index < -0.39 is 22.3 Å². The van der Waals surface area contributed by atoms with Gasteiger partial charge in [-0.05, 0) is 30.6 Å². The summed E-state index contributed by atoms with van der Waals surface area (Å²) in [6.07, 6.45) is 2.79. The number of thioether (sulfide) groups is 1. The minimum atomic E-state index is -1.00. The number of carbonyl (C=O) groups excluding carboxylic acids is 1. The highest BCUT2D eigenvalue weighted by atomic mass is 32.2. The number of carbonyl (C=O) groups is 1. The molecule has 1 amide bonds. The van der Waals surface area contributed by atoms with Crippen LogP contribution in [0.4, 0.5) is 10.1 Å². The average Bonchev–Trinajstić information content (AvgIpc) is 2.33. The summed E-state index contributed by atoms with van der Waals surface area (Å²) in [4.78, 5) is 21.2. The molecular weight excluding hydrogens is 259 g/mol. The van der Waals surface area contributed by atoms with Gasteiger partial charge in [0.25, 0.3) is 5.91 Å². The zero-order valence-electron chi connectivity index (χ0n) is 9.81. The third-order valence-electron chi connectivity index (χ3n) is 2.22. The van der Waals surface area contributed by atoms with Crippen molar-refractivity contribution in [3.05, 3.63) is 39.7 Å². The van der Waals surface area contributed by atoms with Crippen LogP contribution in [0, 0.1) is 15.9 Å². The lowest BCUT2D eigenvalue weighted by atomic mass is 10.2. The maximum Gasteiger partial charge on any atom is 0.304 e. The largest absolute Gasteiger partial charge is 0.352 e. The summed E-state index contributed by atoms with van der Waals surface area (Å²) in [6, 6.07) is 3.11. The molecule has 0 radical (unpaired) electrons. The Balaban J connectivity index is 2.64. The Hall–Kier alpha value is -1.63. The Morgan fingerprint density at radius 3 is 2.83 bits per heavy atom. The lowest BCUT2D eigenvalue weighted by molar-refractivity contribution is -0.387. The zero-order chi connectivity index (χ0) is 13.5. The second-order valence-corrected chi connectivity index (χ2v) is 4.51. The van der Waals surface area contributed by atoms with E-state index >= 15 is 0 Å². The second-order valence-electron chi connectivity index (χ2n) is 3.53. The number of rotatable bonds is 6. The number of amides is 1. The average molecular weight is 272 g/mol. The molecule has 0 spiro atoms. The summed E-state index contributed by atoms with van der Waals surface area (Å²) in [7, 11) is 0. The molecule has 0 saturated carbocycles. The first-order valence-electron chi connectivity index (χ1n) is 5.27. The quantitative estimate of drug-likeness (QED) is 0.489. The summed E-state index contributed by atoms with van der Waals surface area (Å²) in [5.41, 5.74) is -0.545. The van der Waals surface area contributed by atoms with Crippen LogP contribution in [0.3, 0.4) is 0 Å². The molecule has 1 rings (SSSR count). The number of hydrogen-bond donors (Lipinski definition) is 1. The summed E-state index contributed by atoms with van der Waals surface area (Å²) in [5, 5.41) is 13.0. The number of nitrogens with one attached hydrogen (secondary N) is 1. The lowest BCUT2D eigenvalue weighted by Crippen LogP contribution is -2.24. The van der Waals surface area contributed by atoms with Gasteiger partial charge in [0.2, 0.25) is 5.82 Å². The molecule has 98 valence electrons. The smallest absolute Gasteiger partial charge is 0.304 e. The van der Waals surface area contributed by atoms with E-state index in [1.165, 1.54) is 6.07 Å². The maximum atomic E-state index is 13.3. The molecule has 0 aliphatic rings. The van der Waals surface area contributed by atoms with Gasteiger partial charge in [-0.25, -0.2) is 0 Å². The van der Waals surface area contributed by atoms with Crippen molar-refractivity contribution in [2.75, 3.05) is 18.6 Å². The number of benzene rings is 1. The zero-order valence-corrected chi connectivity index (χ0v) is 10.6. The summed E-state index contributed by atoms with van der Waals surface area (Å²) in [6.45, 7) is 0.498. The molecule has 18 heavy (non-hydrogen) atoms. The van der Waals surface area contributed by atoms with E-state index in [0.717, 1.165) is 24.3 Å². The molecule has 0 heterocycles. The van der Waals surface area contributed by atoms with Gasteiger partial charge in [0.1, 0.15) is 0 Å². The lowest BCUT2D eigenvalue weighted by Gasteiger charge is -2.04. The van der Waals surface area contributed by atoms with Crippen LogP contribution >= 0.6 is 11.8 Å². The third-order valence-corrected chi connectivity index (χ3v) is 2.91. The fourth-order valence-corrected chi connectivity index (χ4v) is 1.75. The molecule has 1 N–H and O–H groups in total. The van der Waals surface area contributed by atoms with E-state index in [-0.39, 0.29) is 5.56 Å². The van der Waals surface area contributed by atoms with Gasteiger partial charge in [0.15, 0.2) is 0 Å². The predicted molar refractivity (Wildman–Crippen MR) is 68.4 cm³/mol. The van der Waals surface area contributed by atoms with Crippen molar-refractivity contribution in [2.24, 2.45) is 0 Å². The normalized spacial score (nSPS) is 10.1. The van der Waals surface area contributed by atoms with Gasteiger partial charge in [-0.1, -0.05) is 0 Å². The Kier molecular flexibility index (Phi) is 5.57. The topological polar surface area (TPSA) is 72.2 Å². The van der Waals surface area contributed by atoms with E-state index in [0.29, 0.717) is 6.54 Å². The van der Waals surface area contributed by atoms with Gasteiger partial charge in [-0.15, -0.1) is 0 Å². The molecule has 0 aliphatic heterocycles. The van der Waals surface area contributed by atoms with Gasteiger partial charge < -0.3 is 5.32 Å². The van der Waals surface area contributed by atoms with Gasteiger partial charge in [-0.3, -0.25) is 14.9 Å². The minimum absolute atomic E-state index is 0.0854.